The number of carbonyl (C=O) groups excluding carboxylic acids is 1. The summed E-state index contributed by atoms with van der Waals surface area (Å²) in [5.74, 6) is -3.03. The van der Waals surface area contributed by atoms with Gasteiger partial charge in [-0.3, -0.25) is 0 Å². The van der Waals surface area contributed by atoms with Gasteiger partial charge in [-0.25, -0.2) is 9.79 Å². The van der Waals surface area contributed by atoms with Gasteiger partial charge in [0.2, 0.25) is 5.79 Å². The number of hydrogen-bond donors (Lipinski definition) is 7. The number of carbonyl (C=O) groups is 1. The van der Waals surface area contributed by atoms with Crippen molar-refractivity contribution in [2.75, 3.05) is 18.9 Å². The molecule has 2 fully saturated rings. The van der Waals surface area contributed by atoms with Gasteiger partial charge in [-0.2, -0.15) is 0 Å². The average Bonchev–Trinajstić information content (AvgIpc) is 3.11. The Morgan fingerprint density at radius 3 is 2.68 bits per heavy atom. The Labute approximate surface area is 160 Å². The first kappa shape index (κ1) is 18.3. The Kier molecular flexibility index (Phi) is 3.93. The minimum atomic E-state index is -2.57. The molecule has 1 unspecified atom stereocenters. The number of nitrogen functional groups attached to an aromatic ring is 1. The molecule has 3 heterocycles. The number of aliphatic imine (C=N–C) groups is 1. The summed E-state index contributed by atoms with van der Waals surface area (Å²) in [6.07, 6.45) is -1.36. The maximum Gasteiger partial charge on any atom is 0.338 e. The van der Waals surface area contributed by atoms with Crippen LogP contribution in [0.3, 0.4) is 0 Å². The summed E-state index contributed by atoms with van der Waals surface area (Å²) in [5, 5.41) is 37.7. The molecule has 11 nitrogen and oxygen atoms in total. The molecule has 1 aromatic rings. The molecule has 0 saturated carbocycles. The second-order valence-corrected chi connectivity index (χ2v) is 7.08. The molecular weight excluding hydrogens is 368 g/mol. The molecule has 28 heavy (non-hydrogen) atoms. The smallest absolute Gasteiger partial charge is 0.338 e. The number of nitrogens with zero attached hydrogens (tertiary/aromatic N) is 2. The van der Waals surface area contributed by atoms with Crippen LogP contribution in [-0.2, 0) is 4.74 Å². The monoisotopic (exact) mass is 390 g/mol. The van der Waals surface area contributed by atoms with Crippen LogP contribution in [0.15, 0.2) is 41.7 Å². The van der Waals surface area contributed by atoms with E-state index in [0.29, 0.717) is 11.5 Å². The summed E-state index contributed by atoms with van der Waals surface area (Å²) >= 11 is 0. The lowest BCUT2D eigenvalue weighted by atomic mass is 9.86. The molecule has 1 aromatic carbocycles. The molecule has 0 aliphatic carbocycles. The van der Waals surface area contributed by atoms with Crippen LogP contribution in [0.1, 0.15) is 10.4 Å². The number of rotatable bonds is 3. The van der Waals surface area contributed by atoms with E-state index in [9.17, 15) is 20.1 Å². The second kappa shape index (κ2) is 5.99. The van der Waals surface area contributed by atoms with E-state index in [1.807, 2.05) is 0 Å². The Hall–Kier alpha value is -3.02. The van der Waals surface area contributed by atoms with Crippen LogP contribution in [0.25, 0.3) is 0 Å². The molecule has 4 rings (SSSR count). The maximum atomic E-state index is 12.5. The fourth-order valence-electron chi connectivity index (χ4n) is 4.12. The molecular formula is C17H22N6O5. The Morgan fingerprint density at radius 2 is 2.04 bits per heavy atom. The number of guanidine groups is 1. The molecule has 0 amide bonds. The first-order valence-electron chi connectivity index (χ1n) is 8.67. The average molecular weight is 390 g/mol. The van der Waals surface area contributed by atoms with Gasteiger partial charge in [-0.05, 0) is 24.3 Å². The predicted octanol–water partition coefficient (Wildman–Crippen LogP) is -2.79. The predicted molar refractivity (Wildman–Crippen MR) is 98.4 cm³/mol. The lowest BCUT2D eigenvalue weighted by Gasteiger charge is -2.48. The van der Waals surface area contributed by atoms with Gasteiger partial charge < -0.3 is 47.1 Å². The van der Waals surface area contributed by atoms with E-state index in [-0.39, 0.29) is 24.7 Å². The van der Waals surface area contributed by atoms with Crippen molar-refractivity contribution in [2.45, 2.75) is 29.6 Å². The number of aliphatic hydroxyl groups excluding tert-OH is 1. The molecule has 150 valence electrons. The van der Waals surface area contributed by atoms with Crippen molar-refractivity contribution in [1.29, 1.82) is 0 Å². The molecule has 0 bridgehead atoms. The Bertz CT molecular complexity index is 856. The van der Waals surface area contributed by atoms with E-state index in [1.54, 1.807) is 0 Å². The summed E-state index contributed by atoms with van der Waals surface area (Å²) in [6.45, 7) is 3.27. The SMILES string of the molecule is C=C1NC2[C@H](CO)N=C(N)N3C[C@H](OC(=O)c4ccc(N)cc4)C(O)(O)[C@]23N1. The third-order valence-electron chi connectivity index (χ3n) is 5.45. The zero-order valence-corrected chi connectivity index (χ0v) is 14.9. The normalized spacial score (nSPS) is 32.7. The first-order chi connectivity index (χ1) is 13.2. The quantitative estimate of drug-likeness (QED) is 0.162. The summed E-state index contributed by atoms with van der Waals surface area (Å²) in [6, 6.07) is 4.51. The number of nitrogens with two attached hydrogens (primary N) is 2. The molecule has 0 aromatic heterocycles. The lowest BCUT2D eigenvalue weighted by Crippen LogP contribution is -2.77. The van der Waals surface area contributed by atoms with Crippen molar-refractivity contribution >= 4 is 17.6 Å². The largest absolute Gasteiger partial charge is 0.451 e. The Balaban J connectivity index is 1.68. The highest BCUT2D eigenvalue weighted by Crippen LogP contribution is 2.45. The van der Waals surface area contributed by atoms with Crippen LogP contribution in [0.2, 0.25) is 0 Å². The van der Waals surface area contributed by atoms with Crippen LogP contribution in [0.5, 0.6) is 0 Å². The van der Waals surface area contributed by atoms with Gasteiger partial charge in [0, 0.05) is 5.69 Å². The number of ether oxygens (including phenoxy) is 1. The number of aliphatic hydroxyl groups is 3. The summed E-state index contributed by atoms with van der Waals surface area (Å²) < 4.78 is 5.41. The molecule has 3 aliphatic rings. The summed E-state index contributed by atoms with van der Waals surface area (Å²) in [7, 11) is 0. The highest BCUT2D eigenvalue weighted by Gasteiger charge is 2.74. The van der Waals surface area contributed by atoms with Gasteiger partial charge in [0.1, 0.15) is 6.04 Å². The number of anilines is 1. The van der Waals surface area contributed by atoms with Crippen molar-refractivity contribution in [3.05, 3.63) is 42.2 Å². The molecule has 9 N–H and O–H groups in total. The van der Waals surface area contributed by atoms with E-state index >= 15 is 0 Å². The number of benzene rings is 1. The zero-order valence-electron chi connectivity index (χ0n) is 14.9. The fraction of sp³-hybridized carbons (Fsp3) is 0.412. The van der Waals surface area contributed by atoms with E-state index in [2.05, 4.69) is 22.2 Å². The Morgan fingerprint density at radius 1 is 1.36 bits per heavy atom. The lowest BCUT2D eigenvalue weighted by molar-refractivity contribution is -0.257. The van der Waals surface area contributed by atoms with Crippen molar-refractivity contribution < 1.29 is 24.9 Å². The van der Waals surface area contributed by atoms with Crippen molar-refractivity contribution in [2.24, 2.45) is 10.7 Å². The van der Waals surface area contributed by atoms with Crippen molar-refractivity contribution in [1.82, 2.24) is 15.5 Å². The van der Waals surface area contributed by atoms with E-state index in [1.165, 1.54) is 29.2 Å². The van der Waals surface area contributed by atoms with E-state index in [0.717, 1.165) is 0 Å². The van der Waals surface area contributed by atoms with Crippen LogP contribution < -0.4 is 22.1 Å². The number of hydrogen-bond acceptors (Lipinski definition) is 11. The van der Waals surface area contributed by atoms with Gasteiger partial charge in [-0.1, -0.05) is 6.58 Å². The minimum absolute atomic E-state index is 0.0159. The highest BCUT2D eigenvalue weighted by atomic mass is 16.6. The number of nitrogens with one attached hydrogen (secondary N) is 2. The number of esters is 1. The van der Waals surface area contributed by atoms with Crippen molar-refractivity contribution in [3.63, 3.8) is 0 Å². The molecule has 0 radical (unpaired) electrons. The fourth-order valence-corrected chi connectivity index (χ4v) is 4.12. The van der Waals surface area contributed by atoms with Gasteiger partial charge in [0.05, 0.1) is 30.6 Å². The van der Waals surface area contributed by atoms with Gasteiger partial charge >= 0.3 is 5.97 Å². The third kappa shape index (κ3) is 2.33. The van der Waals surface area contributed by atoms with Crippen LogP contribution in [-0.4, -0.2) is 74.9 Å². The van der Waals surface area contributed by atoms with E-state index < -0.39 is 35.6 Å². The third-order valence-corrected chi connectivity index (χ3v) is 5.45. The molecule has 4 atom stereocenters. The van der Waals surface area contributed by atoms with Crippen LogP contribution >= 0.6 is 0 Å². The molecule has 11 heteroatoms. The van der Waals surface area contributed by atoms with Crippen molar-refractivity contribution in [3.8, 4) is 0 Å². The molecule has 1 spiro atoms. The first-order valence-corrected chi connectivity index (χ1v) is 8.67. The van der Waals surface area contributed by atoms with Gasteiger partial charge in [0.15, 0.2) is 17.7 Å². The molecule has 2 saturated heterocycles. The molecule has 3 aliphatic heterocycles. The minimum Gasteiger partial charge on any atom is -0.451 e. The van der Waals surface area contributed by atoms with Crippen LogP contribution in [0.4, 0.5) is 5.69 Å². The standard InChI is InChI=1S/C17H22N6O5/c1-8-20-13-11(7-24)21-15(19)23-6-12(17(26,27)16(13,23)22-8)28-14(25)9-2-4-10(18)5-3-9/h2-5,11-13,20,22,24,26-27H,1,6-7,18H2,(H2,19,21)/t11-,12-,13?,16-/m0/s1. The maximum absolute atomic E-state index is 12.5. The van der Waals surface area contributed by atoms with Gasteiger partial charge in [0.25, 0.3) is 0 Å². The zero-order chi connectivity index (χ0) is 20.3. The van der Waals surface area contributed by atoms with Gasteiger partial charge in [-0.15, -0.1) is 0 Å². The summed E-state index contributed by atoms with van der Waals surface area (Å²) in [5.41, 5.74) is 10.7. The second-order valence-electron chi connectivity index (χ2n) is 7.08. The highest BCUT2D eigenvalue weighted by molar-refractivity contribution is 5.90. The summed E-state index contributed by atoms with van der Waals surface area (Å²) in [4.78, 5) is 18.1. The topological polar surface area (TPSA) is 179 Å². The van der Waals surface area contributed by atoms with E-state index in [4.69, 9.17) is 16.2 Å². The van der Waals surface area contributed by atoms with Crippen LogP contribution in [0, 0.1) is 0 Å².